The lowest BCUT2D eigenvalue weighted by Crippen LogP contribution is -2.56. The monoisotopic (exact) mass is 397 g/mol. The number of nitrogens with zero attached hydrogens (tertiary/aromatic N) is 3. The number of carbonyl (C=O) groups excluding carboxylic acids is 1. The van der Waals surface area contributed by atoms with E-state index in [0.717, 1.165) is 38.3 Å². The lowest BCUT2D eigenvalue weighted by atomic mass is 10.1. The number of anilines is 1. The van der Waals surface area contributed by atoms with Crippen molar-refractivity contribution in [1.82, 2.24) is 9.80 Å². The van der Waals surface area contributed by atoms with Gasteiger partial charge in [0, 0.05) is 50.5 Å². The molecule has 30 heavy (non-hydrogen) atoms. The lowest BCUT2D eigenvalue weighted by Gasteiger charge is -2.43. The Labute approximate surface area is 178 Å². The van der Waals surface area contributed by atoms with Gasteiger partial charge in [-0.2, -0.15) is 0 Å². The third kappa shape index (κ3) is 3.83. The molecule has 1 fully saturated rings. The molecule has 3 aromatic carbocycles. The summed E-state index contributed by atoms with van der Waals surface area (Å²) in [7, 11) is 0. The van der Waals surface area contributed by atoms with Gasteiger partial charge in [0.15, 0.2) is 0 Å². The maximum atomic E-state index is 13.3. The van der Waals surface area contributed by atoms with Crippen LogP contribution in [0.15, 0.2) is 84.9 Å². The Morgan fingerprint density at radius 3 is 2.30 bits per heavy atom. The van der Waals surface area contributed by atoms with Crippen molar-refractivity contribution in [1.29, 1.82) is 0 Å². The van der Waals surface area contributed by atoms with Crippen LogP contribution in [0.3, 0.4) is 0 Å². The lowest BCUT2D eigenvalue weighted by molar-refractivity contribution is 0.0718. The van der Waals surface area contributed by atoms with Crippen LogP contribution in [0.1, 0.15) is 21.5 Å². The molecule has 1 atom stereocenters. The molecule has 0 radical (unpaired) electrons. The van der Waals surface area contributed by atoms with Crippen LogP contribution in [0.5, 0.6) is 0 Å². The smallest absolute Gasteiger partial charge is 0.254 e. The average Bonchev–Trinajstić information content (AvgIpc) is 2.96. The van der Waals surface area contributed by atoms with Crippen molar-refractivity contribution < 1.29 is 4.79 Å². The van der Waals surface area contributed by atoms with E-state index >= 15 is 0 Å². The van der Waals surface area contributed by atoms with Crippen LogP contribution in [-0.4, -0.2) is 47.9 Å². The third-order valence-electron chi connectivity index (χ3n) is 6.22. The van der Waals surface area contributed by atoms with E-state index in [1.165, 1.54) is 16.8 Å². The van der Waals surface area contributed by atoms with E-state index in [-0.39, 0.29) is 5.91 Å². The van der Waals surface area contributed by atoms with E-state index in [1.807, 2.05) is 35.2 Å². The quantitative estimate of drug-likeness (QED) is 0.668. The van der Waals surface area contributed by atoms with E-state index in [1.54, 1.807) is 0 Å². The summed E-state index contributed by atoms with van der Waals surface area (Å²) in [6.45, 7) is 5.35. The number of hydrogen-bond donors (Lipinski definition) is 0. The first-order valence-corrected chi connectivity index (χ1v) is 10.7. The second-order valence-electron chi connectivity index (χ2n) is 8.25. The van der Waals surface area contributed by atoms with E-state index in [9.17, 15) is 4.79 Å². The fourth-order valence-electron chi connectivity index (χ4n) is 4.75. The molecule has 4 heteroatoms. The highest BCUT2D eigenvalue weighted by molar-refractivity contribution is 5.94. The second-order valence-corrected chi connectivity index (χ2v) is 8.25. The Kier molecular flexibility index (Phi) is 5.24. The van der Waals surface area contributed by atoms with Crippen molar-refractivity contribution in [3.8, 4) is 0 Å². The first-order valence-electron chi connectivity index (χ1n) is 10.7. The highest BCUT2D eigenvalue weighted by atomic mass is 16.2. The highest BCUT2D eigenvalue weighted by Gasteiger charge is 2.34. The standard InChI is InChI=1S/C26H27N3O/c30-26(22-11-5-2-6-12-22)28-18-23-13-7-8-14-25(23)29-16-15-27(19-24(29)20-28)17-21-9-3-1-4-10-21/h1-14,24H,15-20H2. The second kappa shape index (κ2) is 8.33. The first-order chi connectivity index (χ1) is 14.8. The van der Waals surface area contributed by atoms with Gasteiger partial charge in [0.2, 0.25) is 0 Å². The van der Waals surface area contributed by atoms with Crippen LogP contribution in [0.25, 0.3) is 0 Å². The van der Waals surface area contributed by atoms with Gasteiger partial charge in [-0.25, -0.2) is 0 Å². The number of fused-ring (bicyclic) bond motifs is 3. The Morgan fingerprint density at radius 2 is 1.50 bits per heavy atom. The van der Waals surface area contributed by atoms with Gasteiger partial charge in [-0.15, -0.1) is 0 Å². The van der Waals surface area contributed by atoms with E-state index in [4.69, 9.17) is 0 Å². The number of amides is 1. The van der Waals surface area contributed by atoms with Gasteiger partial charge in [0.1, 0.15) is 0 Å². The molecule has 1 unspecified atom stereocenters. The molecule has 4 nitrogen and oxygen atoms in total. The summed E-state index contributed by atoms with van der Waals surface area (Å²) < 4.78 is 0. The molecule has 1 amide bonds. The minimum atomic E-state index is 0.118. The molecule has 0 aliphatic carbocycles. The van der Waals surface area contributed by atoms with Crippen molar-refractivity contribution >= 4 is 11.6 Å². The molecule has 152 valence electrons. The van der Waals surface area contributed by atoms with Crippen LogP contribution >= 0.6 is 0 Å². The van der Waals surface area contributed by atoms with E-state index < -0.39 is 0 Å². The van der Waals surface area contributed by atoms with Crippen LogP contribution in [0.2, 0.25) is 0 Å². The summed E-state index contributed by atoms with van der Waals surface area (Å²) in [5.41, 5.74) is 4.63. The van der Waals surface area contributed by atoms with Crippen LogP contribution < -0.4 is 4.90 Å². The highest BCUT2D eigenvalue weighted by Crippen LogP contribution is 2.30. The predicted octanol–water partition coefficient (Wildman–Crippen LogP) is 4.03. The molecule has 2 heterocycles. The minimum absolute atomic E-state index is 0.118. The minimum Gasteiger partial charge on any atom is -0.364 e. The van der Waals surface area contributed by atoms with E-state index in [0.29, 0.717) is 12.6 Å². The Hall–Kier alpha value is -3.11. The maximum Gasteiger partial charge on any atom is 0.254 e. The number of benzene rings is 3. The van der Waals surface area contributed by atoms with Crippen molar-refractivity contribution in [3.63, 3.8) is 0 Å². The number of piperazine rings is 1. The molecule has 0 aromatic heterocycles. The summed E-state index contributed by atoms with van der Waals surface area (Å²) in [5, 5.41) is 0. The van der Waals surface area contributed by atoms with Crippen molar-refractivity contribution in [2.75, 3.05) is 31.1 Å². The zero-order valence-electron chi connectivity index (χ0n) is 17.2. The van der Waals surface area contributed by atoms with Crippen molar-refractivity contribution in [2.24, 2.45) is 0 Å². The molecule has 1 saturated heterocycles. The first kappa shape index (κ1) is 18.9. The zero-order chi connectivity index (χ0) is 20.3. The van der Waals surface area contributed by atoms with Gasteiger partial charge in [0.05, 0.1) is 6.04 Å². The summed E-state index contributed by atoms with van der Waals surface area (Å²) in [6.07, 6.45) is 0. The third-order valence-corrected chi connectivity index (χ3v) is 6.22. The molecular formula is C26H27N3O. The van der Waals surface area contributed by atoms with Crippen LogP contribution in [-0.2, 0) is 13.1 Å². The number of para-hydroxylation sites is 1. The molecule has 2 aliphatic rings. The van der Waals surface area contributed by atoms with Gasteiger partial charge >= 0.3 is 0 Å². The molecule has 0 bridgehead atoms. The van der Waals surface area contributed by atoms with Gasteiger partial charge in [-0.05, 0) is 29.3 Å². The number of hydrogen-bond acceptors (Lipinski definition) is 3. The Morgan fingerprint density at radius 1 is 0.800 bits per heavy atom. The van der Waals surface area contributed by atoms with Crippen molar-refractivity contribution in [3.05, 3.63) is 102 Å². The predicted molar refractivity (Wildman–Crippen MR) is 120 cm³/mol. The molecule has 0 saturated carbocycles. The van der Waals surface area contributed by atoms with E-state index in [2.05, 4.69) is 64.4 Å². The molecule has 2 aliphatic heterocycles. The fraction of sp³-hybridized carbons (Fsp3) is 0.269. The maximum absolute atomic E-state index is 13.3. The molecular weight excluding hydrogens is 370 g/mol. The normalized spacial score (nSPS) is 19.0. The van der Waals surface area contributed by atoms with Gasteiger partial charge in [-0.1, -0.05) is 66.7 Å². The number of carbonyl (C=O) groups is 1. The SMILES string of the molecule is O=C(c1ccccc1)N1Cc2ccccc2N2CCN(Cc3ccccc3)CC2C1. The summed E-state index contributed by atoms with van der Waals surface area (Å²) in [4.78, 5) is 20.4. The Bertz CT molecular complexity index is 1010. The molecule has 0 spiro atoms. The fourth-order valence-corrected chi connectivity index (χ4v) is 4.75. The van der Waals surface area contributed by atoms with Gasteiger partial charge in [0.25, 0.3) is 5.91 Å². The van der Waals surface area contributed by atoms with Gasteiger partial charge < -0.3 is 9.80 Å². The zero-order valence-corrected chi connectivity index (χ0v) is 17.2. The van der Waals surface area contributed by atoms with Gasteiger partial charge in [-0.3, -0.25) is 9.69 Å². The van der Waals surface area contributed by atoms with Crippen LogP contribution in [0, 0.1) is 0 Å². The molecule has 3 aromatic rings. The topological polar surface area (TPSA) is 26.8 Å². The summed E-state index contributed by atoms with van der Waals surface area (Å²) in [6, 6.07) is 29.2. The average molecular weight is 398 g/mol. The molecule has 0 N–H and O–H groups in total. The largest absolute Gasteiger partial charge is 0.364 e. The van der Waals surface area contributed by atoms with Crippen molar-refractivity contribution in [2.45, 2.75) is 19.1 Å². The Balaban J connectivity index is 1.41. The van der Waals surface area contributed by atoms with Crippen LogP contribution in [0.4, 0.5) is 5.69 Å². The summed E-state index contributed by atoms with van der Waals surface area (Å²) in [5.74, 6) is 0.118. The number of rotatable bonds is 3. The molecule has 5 rings (SSSR count). The summed E-state index contributed by atoms with van der Waals surface area (Å²) >= 11 is 0.